The van der Waals surface area contributed by atoms with Gasteiger partial charge in [-0.3, -0.25) is 0 Å². The third-order valence-corrected chi connectivity index (χ3v) is 2.92. The van der Waals surface area contributed by atoms with Crippen molar-refractivity contribution in [2.24, 2.45) is 11.7 Å². The summed E-state index contributed by atoms with van der Waals surface area (Å²) in [7, 11) is 0. The summed E-state index contributed by atoms with van der Waals surface area (Å²) in [5.74, 6) is 1.47. The maximum Gasteiger partial charge on any atom is 0.0622 e. The lowest BCUT2D eigenvalue weighted by Gasteiger charge is -2.25. The number of hydrogen-bond acceptors (Lipinski definition) is 3. The first-order chi connectivity index (χ1) is 4.73. The van der Waals surface area contributed by atoms with Gasteiger partial charge in [0.25, 0.3) is 0 Å². The summed E-state index contributed by atoms with van der Waals surface area (Å²) in [5, 5.41) is 8.99. The topological polar surface area (TPSA) is 46.2 Å². The van der Waals surface area contributed by atoms with E-state index in [1.165, 1.54) is 12.8 Å². The summed E-state index contributed by atoms with van der Waals surface area (Å²) < 4.78 is 0. The molecule has 1 unspecified atom stereocenters. The largest absolute Gasteiger partial charge is 0.394 e. The highest BCUT2D eigenvalue weighted by atomic mass is 32.2. The average Bonchev–Trinajstić information content (AvgIpc) is 2.69. The van der Waals surface area contributed by atoms with E-state index in [4.69, 9.17) is 10.8 Å². The quantitative estimate of drug-likeness (QED) is 0.629. The van der Waals surface area contributed by atoms with Crippen LogP contribution >= 0.6 is 11.8 Å². The van der Waals surface area contributed by atoms with Gasteiger partial charge in [-0.25, -0.2) is 0 Å². The van der Waals surface area contributed by atoms with Crippen LogP contribution in [0.5, 0.6) is 0 Å². The summed E-state index contributed by atoms with van der Waals surface area (Å²) in [6.07, 6.45) is 4.44. The summed E-state index contributed by atoms with van der Waals surface area (Å²) in [5.41, 5.74) is 5.66. The number of aliphatic hydroxyl groups is 1. The SMILES string of the molecule is CSCC(N)(CO)C1CC1. The monoisotopic (exact) mass is 161 g/mol. The Balaban J connectivity index is 2.39. The van der Waals surface area contributed by atoms with Gasteiger partial charge in [-0.05, 0) is 25.0 Å². The molecule has 0 amide bonds. The number of hydrogen-bond donors (Lipinski definition) is 2. The minimum absolute atomic E-state index is 0.137. The van der Waals surface area contributed by atoms with E-state index in [9.17, 15) is 0 Å². The lowest BCUT2D eigenvalue weighted by Crippen LogP contribution is -2.48. The normalized spacial score (nSPS) is 24.3. The zero-order valence-corrected chi connectivity index (χ0v) is 7.16. The second-order valence-electron chi connectivity index (χ2n) is 3.10. The highest BCUT2D eigenvalue weighted by molar-refractivity contribution is 7.98. The van der Waals surface area contributed by atoms with Gasteiger partial charge in [0.1, 0.15) is 0 Å². The van der Waals surface area contributed by atoms with Gasteiger partial charge in [0, 0.05) is 5.75 Å². The molecular weight excluding hydrogens is 146 g/mol. The van der Waals surface area contributed by atoms with Crippen LogP contribution in [0.3, 0.4) is 0 Å². The molecule has 1 aliphatic rings. The molecule has 1 saturated carbocycles. The van der Waals surface area contributed by atoms with E-state index in [1.807, 2.05) is 6.26 Å². The summed E-state index contributed by atoms with van der Waals surface area (Å²) in [6.45, 7) is 0.137. The van der Waals surface area contributed by atoms with Crippen LogP contribution in [0.15, 0.2) is 0 Å². The van der Waals surface area contributed by atoms with Crippen LogP contribution in [0.4, 0.5) is 0 Å². The Labute approximate surface area is 66.2 Å². The van der Waals surface area contributed by atoms with E-state index in [-0.39, 0.29) is 12.1 Å². The van der Waals surface area contributed by atoms with Gasteiger partial charge in [0.05, 0.1) is 12.1 Å². The molecule has 3 heteroatoms. The molecule has 0 aromatic carbocycles. The maximum absolute atomic E-state index is 8.99. The minimum Gasteiger partial charge on any atom is -0.394 e. The third-order valence-electron chi connectivity index (χ3n) is 2.10. The van der Waals surface area contributed by atoms with Crippen molar-refractivity contribution < 1.29 is 5.11 Å². The van der Waals surface area contributed by atoms with Crippen LogP contribution in [0.25, 0.3) is 0 Å². The number of nitrogens with two attached hydrogens (primary N) is 1. The maximum atomic E-state index is 8.99. The second kappa shape index (κ2) is 3.11. The number of thioether (sulfide) groups is 1. The summed E-state index contributed by atoms with van der Waals surface area (Å²) in [6, 6.07) is 0. The molecule has 60 valence electrons. The Morgan fingerprint density at radius 1 is 1.70 bits per heavy atom. The van der Waals surface area contributed by atoms with E-state index in [0.29, 0.717) is 5.92 Å². The fourth-order valence-electron chi connectivity index (χ4n) is 1.22. The molecule has 2 nitrogen and oxygen atoms in total. The third kappa shape index (κ3) is 1.65. The lowest BCUT2D eigenvalue weighted by molar-refractivity contribution is 0.194. The minimum atomic E-state index is -0.278. The van der Waals surface area contributed by atoms with Gasteiger partial charge < -0.3 is 10.8 Å². The lowest BCUT2D eigenvalue weighted by atomic mass is 9.99. The Hall–Kier alpha value is 0.270. The molecule has 3 N–H and O–H groups in total. The molecule has 0 heterocycles. The predicted molar refractivity (Wildman–Crippen MR) is 45.1 cm³/mol. The van der Waals surface area contributed by atoms with Crippen molar-refractivity contribution in [1.82, 2.24) is 0 Å². The van der Waals surface area contributed by atoms with E-state index in [1.54, 1.807) is 11.8 Å². The zero-order chi connectivity index (χ0) is 7.61. The Morgan fingerprint density at radius 2 is 2.30 bits per heavy atom. The molecule has 0 radical (unpaired) electrons. The van der Waals surface area contributed by atoms with Crippen molar-refractivity contribution in [2.45, 2.75) is 18.4 Å². The fraction of sp³-hybridized carbons (Fsp3) is 1.00. The standard InChI is InChI=1S/C7H15NOS/c1-10-5-7(8,4-9)6-2-3-6/h6,9H,2-5,8H2,1H3. The Bertz CT molecular complexity index is 116. The molecule has 0 aromatic rings. The van der Waals surface area contributed by atoms with Crippen molar-refractivity contribution in [3.63, 3.8) is 0 Å². The average molecular weight is 161 g/mol. The van der Waals surface area contributed by atoms with Crippen LogP contribution in [0, 0.1) is 5.92 Å². The fourth-order valence-corrected chi connectivity index (χ4v) is 2.08. The second-order valence-corrected chi connectivity index (χ2v) is 3.96. The number of rotatable bonds is 4. The van der Waals surface area contributed by atoms with Crippen molar-refractivity contribution in [3.8, 4) is 0 Å². The van der Waals surface area contributed by atoms with Crippen LogP contribution < -0.4 is 5.73 Å². The van der Waals surface area contributed by atoms with E-state index in [0.717, 1.165) is 5.75 Å². The first-order valence-electron chi connectivity index (χ1n) is 3.61. The molecule has 0 spiro atoms. The molecule has 0 saturated heterocycles. The Morgan fingerprint density at radius 3 is 2.60 bits per heavy atom. The number of aliphatic hydroxyl groups excluding tert-OH is 1. The molecule has 1 fully saturated rings. The Kier molecular flexibility index (Phi) is 2.61. The first-order valence-corrected chi connectivity index (χ1v) is 5.01. The molecule has 0 bridgehead atoms. The van der Waals surface area contributed by atoms with E-state index >= 15 is 0 Å². The van der Waals surface area contributed by atoms with Crippen LogP contribution in [0.2, 0.25) is 0 Å². The smallest absolute Gasteiger partial charge is 0.0622 e. The van der Waals surface area contributed by atoms with Crippen LogP contribution in [0.1, 0.15) is 12.8 Å². The van der Waals surface area contributed by atoms with Gasteiger partial charge >= 0.3 is 0 Å². The summed E-state index contributed by atoms with van der Waals surface area (Å²) >= 11 is 1.72. The molecule has 0 aliphatic heterocycles. The molecule has 0 aromatic heterocycles. The van der Waals surface area contributed by atoms with Gasteiger partial charge in [-0.1, -0.05) is 0 Å². The van der Waals surface area contributed by atoms with Gasteiger partial charge in [-0.15, -0.1) is 0 Å². The van der Waals surface area contributed by atoms with Crippen LogP contribution in [-0.4, -0.2) is 29.3 Å². The van der Waals surface area contributed by atoms with Crippen molar-refractivity contribution in [2.75, 3.05) is 18.6 Å². The highest BCUT2D eigenvalue weighted by Crippen LogP contribution is 2.39. The zero-order valence-electron chi connectivity index (χ0n) is 6.34. The van der Waals surface area contributed by atoms with Crippen molar-refractivity contribution >= 4 is 11.8 Å². The van der Waals surface area contributed by atoms with Crippen molar-refractivity contribution in [1.29, 1.82) is 0 Å². The molecule has 10 heavy (non-hydrogen) atoms. The van der Waals surface area contributed by atoms with Crippen molar-refractivity contribution in [3.05, 3.63) is 0 Å². The first kappa shape index (κ1) is 8.37. The predicted octanol–water partition coefficient (Wildman–Crippen LogP) is 0.449. The van der Waals surface area contributed by atoms with E-state index < -0.39 is 0 Å². The van der Waals surface area contributed by atoms with Crippen LogP contribution in [-0.2, 0) is 0 Å². The van der Waals surface area contributed by atoms with Gasteiger partial charge in [0.2, 0.25) is 0 Å². The highest BCUT2D eigenvalue weighted by Gasteiger charge is 2.41. The summed E-state index contributed by atoms with van der Waals surface area (Å²) in [4.78, 5) is 0. The van der Waals surface area contributed by atoms with E-state index in [2.05, 4.69) is 0 Å². The van der Waals surface area contributed by atoms with Gasteiger partial charge in [0.15, 0.2) is 0 Å². The molecular formula is C7H15NOS. The van der Waals surface area contributed by atoms with Gasteiger partial charge in [-0.2, -0.15) is 11.8 Å². The molecule has 1 atom stereocenters. The molecule has 1 rings (SSSR count). The molecule has 1 aliphatic carbocycles.